The van der Waals surface area contributed by atoms with Crippen molar-refractivity contribution >= 4 is 65.8 Å². The van der Waals surface area contributed by atoms with E-state index in [2.05, 4.69) is 65.8 Å². The van der Waals surface area contributed by atoms with Crippen LogP contribution >= 0.6 is 65.8 Å². The Morgan fingerprint density at radius 2 is 2.06 bits per heavy atom. The first kappa shape index (κ1) is 14.9. The molecule has 0 radical (unpaired) electrons. The van der Waals surface area contributed by atoms with Crippen molar-refractivity contribution in [3.05, 3.63) is 52.4 Å². The van der Waals surface area contributed by atoms with Crippen LogP contribution in [0.2, 0.25) is 0 Å². The zero-order valence-corrected chi connectivity index (χ0v) is 15.5. The molecule has 0 aliphatic carbocycles. The molecule has 1 atom stereocenters. The molecule has 1 unspecified atom stereocenters. The molecule has 6 heteroatoms. The third-order valence-electron chi connectivity index (χ3n) is 2.51. The van der Waals surface area contributed by atoms with E-state index in [1.807, 2.05) is 13.1 Å². The number of hydrogen-bond acceptors (Lipinski definition) is 2. The van der Waals surface area contributed by atoms with Gasteiger partial charge in [-0.1, -0.05) is 6.07 Å². The van der Waals surface area contributed by atoms with Crippen LogP contribution in [-0.2, 0) is 0 Å². The largest absolute Gasteiger partial charge is 0.309 e. The maximum atomic E-state index is 13.1. The predicted octanol–water partition coefficient (Wildman–Crippen LogP) is 5.33. The summed E-state index contributed by atoms with van der Waals surface area (Å²) in [7, 11) is 1.91. The molecule has 0 aliphatic rings. The summed E-state index contributed by atoms with van der Waals surface area (Å²) in [6, 6.07) is 7.04. The third-order valence-corrected chi connectivity index (χ3v) is 6.77. The van der Waals surface area contributed by atoms with Crippen LogP contribution in [0.3, 0.4) is 0 Å². The van der Waals surface area contributed by atoms with Gasteiger partial charge in [0, 0.05) is 12.9 Å². The Morgan fingerprint density at radius 3 is 2.56 bits per heavy atom. The fourth-order valence-corrected chi connectivity index (χ4v) is 4.70. The fourth-order valence-electron chi connectivity index (χ4n) is 1.69. The van der Waals surface area contributed by atoms with E-state index in [0.717, 1.165) is 17.4 Å². The van der Waals surface area contributed by atoms with Crippen molar-refractivity contribution in [2.45, 2.75) is 6.04 Å². The molecular weight excluding hydrogens is 496 g/mol. The number of thiophene rings is 1. The van der Waals surface area contributed by atoms with E-state index >= 15 is 0 Å². The van der Waals surface area contributed by atoms with Gasteiger partial charge in [-0.15, -0.1) is 11.3 Å². The first-order valence-electron chi connectivity index (χ1n) is 5.10. The molecule has 18 heavy (non-hydrogen) atoms. The second-order valence-electron chi connectivity index (χ2n) is 3.66. The standard InChI is InChI=1S/C12H9Br2FINS/c1-17-11(10-5-8(13)12(14)18-10)7-3-2-6(15)4-9(7)16/h2-5,11,17H,1H3. The average Bonchev–Trinajstić information content (AvgIpc) is 2.63. The van der Waals surface area contributed by atoms with E-state index < -0.39 is 0 Å². The van der Waals surface area contributed by atoms with Crippen LogP contribution in [0.15, 0.2) is 32.5 Å². The summed E-state index contributed by atoms with van der Waals surface area (Å²) in [4.78, 5) is 1.18. The van der Waals surface area contributed by atoms with Gasteiger partial charge in [0.05, 0.1) is 9.83 Å². The average molecular weight is 505 g/mol. The lowest BCUT2D eigenvalue weighted by atomic mass is 10.1. The second-order valence-corrected chi connectivity index (χ2v) is 8.08. The first-order chi connectivity index (χ1) is 8.52. The number of rotatable bonds is 3. The Bertz CT molecular complexity index is 554. The Balaban J connectivity index is 2.45. The summed E-state index contributed by atoms with van der Waals surface area (Å²) in [5.74, 6) is -0.202. The van der Waals surface area contributed by atoms with Crippen molar-refractivity contribution in [2.75, 3.05) is 7.05 Å². The topological polar surface area (TPSA) is 12.0 Å². The summed E-state index contributed by atoms with van der Waals surface area (Å²) in [5, 5.41) is 3.28. The number of nitrogens with one attached hydrogen (secondary N) is 1. The highest BCUT2D eigenvalue weighted by atomic mass is 127. The second kappa shape index (κ2) is 6.30. The van der Waals surface area contributed by atoms with E-state index in [1.165, 1.54) is 10.9 Å². The highest BCUT2D eigenvalue weighted by Gasteiger charge is 2.18. The Hall–Kier alpha value is 0.500. The van der Waals surface area contributed by atoms with Gasteiger partial charge < -0.3 is 5.32 Å². The van der Waals surface area contributed by atoms with Gasteiger partial charge in [0.25, 0.3) is 0 Å². The monoisotopic (exact) mass is 503 g/mol. The molecule has 1 heterocycles. The van der Waals surface area contributed by atoms with E-state index in [0.29, 0.717) is 0 Å². The molecule has 96 valence electrons. The van der Waals surface area contributed by atoms with E-state index in [4.69, 9.17) is 0 Å². The van der Waals surface area contributed by atoms with Crippen LogP contribution in [0, 0.1) is 9.39 Å². The lowest BCUT2D eigenvalue weighted by Gasteiger charge is -2.16. The summed E-state index contributed by atoms with van der Waals surface area (Å²) < 4.78 is 16.2. The van der Waals surface area contributed by atoms with Crippen LogP contribution in [0.1, 0.15) is 16.5 Å². The van der Waals surface area contributed by atoms with Gasteiger partial charge in [-0.3, -0.25) is 0 Å². The summed E-state index contributed by atoms with van der Waals surface area (Å²) in [5.41, 5.74) is 1.08. The van der Waals surface area contributed by atoms with Crippen LogP contribution in [0.5, 0.6) is 0 Å². The Morgan fingerprint density at radius 1 is 1.33 bits per heavy atom. The van der Waals surface area contributed by atoms with Crippen molar-refractivity contribution in [1.82, 2.24) is 5.32 Å². The lowest BCUT2D eigenvalue weighted by molar-refractivity contribution is 0.622. The van der Waals surface area contributed by atoms with Crippen molar-refractivity contribution in [1.29, 1.82) is 0 Å². The number of hydrogen-bond donors (Lipinski definition) is 1. The highest BCUT2D eigenvalue weighted by Crippen LogP contribution is 2.38. The molecule has 1 N–H and O–H groups in total. The molecule has 0 spiro atoms. The Labute approximate surface area is 140 Å². The van der Waals surface area contributed by atoms with E-state index in [1.54, 1.807) is 17.4 Å². The van der Waals surface area contributed by atoms with Crippen LogP contribution in [0.25, 0.3) is 0 Å². The van der Waals surface area contributed by atoms with Gasteiger partial charge in [-0.05, 0) is 85.3 Å². The van der Waals surface area contributed by atoms with E-state index in [9.17, 15) is 4.39 Å². The van der Waals surface area contributed by atoms with Gasteiger partial charge in [0.15, 0.2) is 0 Å². The minimum Gasteiger partial charge on any atom is -0.309 e. The Kier molecular flexibility index (Phi) is 5.21. The molecule has 1 nitrogen and oxygen atoms in total. The zero-order valence-electron chi connectivity index (χ0n) is 9.31. The molecule has 2 aromatic rings. The van der Waals surface area contributed by atoms with Crippen molar-refractivity contribution in [3.63, 3.8) is 0 Å². The minimum absolute atomic E-state index is 0.0742. The SMILES string of the molecule is CNC(c1cc(Br)c(Br)s1)c1ccc(F)cc1I. The quantitative estimate of drug-likeness (QED) is 0.557. The van der Waals surface area contributed by atoms with Gasteiger partial charge in [0.2, 0.25) is 0 Å². The minimum atomic E-state index is -0.202. The maximum Gasteiger partial charge on any atom is 0.124 e. The summed E-state index contributed by atoms with van der Waals surface area (Å²) in [6.07, 6.45) is 0. The molecule has 0 saturated heterocycles. The van der Waals surface area contributed by atoms with E-state index in [-0.39, 0.29) is 11.9 Å². The van der Waals surface area contributed by atoms with Crippen LogP contribution < -0.4 is 5.32 Å². The molecule has 0 saturated carbocycles. The van der Waals surface area contributed by atoms with Crippen molar-refractivity contribution < 1.29 is 4.39 Å². The summed E-state index contributed by atoms with van der Waals surface area (Å²) >= 11 is 10.8. The van der Waals surface area contributed by atoms with Crippen molar-refractivity contribution in [2.24, 2.45) is 0 Å². The van der Waals surface area contributed by atoms with Gasteiger partial charge >= 0.3 is 0 Å². The first-order valence-corrected chi connectivity index (χ1v) is 8.58. The molecule has 0 amide bonds. The molecule has 1 aromatic heterocycles. The molecule has 0 aliphatic heterocycles. The van der Waals surface area contributed by atoms with Crippen LogP contribution in [0.4, 0.5) is 4.39 Å². The van der Waals surface area contributed by atoms with Crippen molar-refractivity contribution in [3.8, 4) is 0 Å². The molecule has 0 bridgehead atoms. The smallest absolute Gasteiger partial charge is 0.124 e. The molecule has 2 rings (SSSR count). The van der Waals surface area contributed by atoms with Crippen LogP contribution in [-0.4, -0.2) is 7.05 Å². The number of benzene rings is 1. The maximum absolute atomic E-state index is 13.1. The lowest BCUT2D eigenvalue weighted by Crippen LogP contribution is -2.17. The summed E-state index contributed by atoms with van der Waals surface area (Å²) in [6.45, 7) is 0. The third kappa shape index (κ3) is 3.15. The highest BCUT2D eigenvalue weighted by molar-refractivity contribution is 14.1. The molecular formula is C12H9Br2FINS. The zero-order chi connectivity index (χ0) is 13.3. The molecule has 0 fully saturated rings. The fraction of sp³-hybridized carbons (Fsp3) is 0.167. The number of halogens is 4. The van der Waals surface area contributed by atoms with Gasteiger partial charge in [0.1, 0.15) is 5.82 Å². The normalized spacial score (nSPS) is 12.7. The van der Waals surface area contributed by atoms with Gasteiger partial charge in [-0.2, -0.15) is 0 Å². The predicted molar refractivity (Wildman–Crippen MR) is 89.7 cm³/mol. The van der Waals surface area contributed by atoms with Gasteiger partial charge in [-0.25, -0.2) is 4.39 Å². The molecule has 1 aromatic carbocycles.